The Morgan fingerprint density at radius 2 is 2.14 bits per heavy atom. The lowest BCUT2D eigenvalue weighted by Gasteiger charge is -2.18. The zero-order chi connectivity index (χ0) is 19.3. The minimum Gasteiger partial charge on any atom is -0.351 e. The van der Waals surface area contributed by atoms with Gasteiger partial charge in [0, 0.05) is 16.5 Å². The van der Waals surface area contributed by atoms with Crippen LogP contribution in [0.3, 0.4) is 0 Å². The van der Waals surface area contributed by atoms with Crippen molar-refractivity contribution < 1.29 is 9.32 Å². The Labute approximate surface area is 170 Å². The Morgan fingerprint density at radius 3 is 2.93 bits per heavy atom. The summed E-state index contributed by atoms with van der Waals surface area (Å²) in [6.07, 6.45) is 3.24. The molecular weight excluding hydrogens is 390 g/mol. The number of amides is 1. The van der Waals surface area contributed by atoms with Gasteiger partial charge in [0.25, 0.3) is 5.91 Å². The van der Waals surface area contributed by atoms with E-state index in [1.165, 1.54) is 10.4 Å². The van der Waals surface area contributed by atoms with E-state index >= 15 is 0 Å². The zero-order valence-electron chi connectivity index (χ0n) is 15.6. The van der Waals surface area contributed by atoms with Crippen LogP contribution < -0.4 is 5.32 Å². The summed E-state index contributed by atoms with van der Waals surface area (Å²) < 4.78 is 6.30. The summed E-state index contributed by atoms with van der Waals surface area (Å²) >= 11 is 3.35. The average Bonchev–Trinajstić information content (AvgIpc) is 3.36. The van der Waals surface area contributed by atoms with Gasteiger partial charge in [0.1, 0.15) is 10.0 Å². The normalized spacial score (nSPS) is 16.3. The molecule has 0 saturated carbocycles. The molecule has 28 heavy (non-hydrogen) atoms. The fraction of sp³-hybridized carbons (Fsp3) is 0.286. The number of nitrogens with zero attached hydrogens (tertiary/aromatic N) is 2. The van der Waals surface area contributed by atoms with Crippen molar-refractivity contribution in [2.24, 2.45) is 5.92 Å². The number of para-hydroxylation sites is 1. The molecule has 4 aromatic rings. The summed E-state index contributed by atoms with van der Waals surface area (Å²) in [7, 11) is 0. The Balaban J connectivity index is 1.60. The summed E-state index contributed by atoms with van der Waals surface area (Å²) in [5.41, 5.74) is 4.11. The highest BCUT2D eigenvalue weighted by atomic mass is 32.1. The van der Waals surface area contributed by atoms with E-state index in [0.717, 1.165) is 45.1 Å². The molecule has 0 fully saturated rings. The third-order valence-corrected chi connectivity index (χ3v) is 7.32. The summed E-state index contributed by atoms with van der Waals surface area (Å²) in [5.74, 6) is 0.622. The predicted octanol–water partition coefficient (Wildman–Crippen LogP) is 5.70. The van der Waals surface area contributed by atoms with Crippen LogP contribution in [-0.2, 0) is 12.8 Å². The predicted molar refractivity (Wildman–Crippen MR) is 113 cm³/mol. The van der Waals surface area contributed by atoms with Crippen molar-refractivity contribution in [1.82, 2.24) is 10.1 Å². The number of hydrogen-bond acceptors (Lipinski definition) is 6. The molecule has 3 heterocycles. The minimum absolute atomic E-state index is 0.229. The van der Waals surface area contributed by atoms with Gasteiger partial charge in [0.2, 0.25) is 5.76 Å². The van der Waals surface area contributed by atoms with E-state index in [-0.39, 0.29) is 11.7 Å². The van der Waals surface area contributed by atoms with E-state index in [4.69, 9.17) is 9.51 Å². The molecule has 0 bridgehead atoms. The monoisotopic (exact) mass is 409 g/mol. The van der Waals surface area contributed by atoms with Crippen LogP contribution in [-0.4, -0.2) is 16.0 Å². The molecule has 142 valence electrons. The number of rotatable bonds is 3. The summed E-state index contributed by atoms with van der Waals surface area (Å²) in [4.78, 5) is 18.9. The lowest BCUT2D eigenvalue weighted by Crippen LogP contribution is -2.11. The lowest BCUT2D eigenvalue weighted by atomic mass is 9.88. The number of thiophene rings is 1. The minimum atomic E-state index is -0.269. The average molecular weight is 410 g/mol. The standard InChI is InChI=1S/C21H19N3O2S2/c1-11-7-8-13-17(9-11)28-21(23-19(25)15-10-12(2)24-26-15)18(13)20-22-14-5-3-4-6-16(14)27-20/h3-6,10-11H,7-9H2,1-2H3,(H,23,25). The molecule has 5 rings (SSSR count). The third-order valence-electron chi connectivity index (χ3n) is 5.10. The number of aryl methyl sites for hydroxylation is 1. The number of fused-ring (bicyclic) bond motifs is 2. The van der Waals surface area contributed by atoms with Gasteiger partial charge in [-0.3, -0.25) is 4.79 Å². The molecule has 0 aliphatic heterocycles. The van der Waals surface area contributed by atoms with E-state index in [1.807, 2.05) is 18.2 Å². The van der Waals surface area contributed by atoms with E-state index < -0.39 is 0 Å². The van der Waals surface area contributed by atoms with Gasteiger partial charge in [-0.1, -0.05) is 24.2 Å². The second-order valence-electron chi connectivity index (χ2n) is 7.33. The van der Waals surface area contributed by atoms with Crippen molar-refractivity contribution in [3.63, 3.8) is 0 Å². The van der Waals surface area contributed by atoms with Gasteiger partial charge < -0.3 is 9.84 Å². The van der Waals surface area contributed by atoms with Crippen LogP contribution in [0.25, 0.3) is 20.8 Å². The molecule has 1 atom stereocenters. The van der Waals surface area contributed by atoms with Crippen LogP contribution in [0.2, 0.25) is 0 Å². The van der Waals surface area contributed by atoms with Gasteiger partial charge in [0.05, 0.1) is 15.9 Å². The Hall–Kier alpha value is -2.51. The van der Waals surface area contributed by atoms with Crippen LogP contribution in [0.1, 0.15) is 40.0 Å². The van der Waals surface area contributed by atoms with E-state index in [1.54, 1.807) is 35.7 Å². The SMILES string of the molecule is Cc1cc(C(=O)Nc2sc3c(c2-c2nc4ccccc4s2)CCC(C)C3)on1. The van der Waals surface area contributed by atoms with Crippen LogP contribution in [0.4, 0.5) is 5.00 Å². The first-order valence-electron chi connectivity index (χ1n) is 9.33. The molecule has 1 aliphatic rings. The lowest BCUT2D eigenvalue weighted by molar-refractivity contribution is 0.0988. The molecule has 3 aromatic heterocycles. The van der Waals surface area contributed by atoms with Crippen LogP contribution >= 0.6 is 22.7 Å². The first kappa shape index (κ1) is 17.6. The number of carbonyl (C=O) groups is 1. The van der Waals surface area contributed by atoms with Crippen LogP contribution in [0.15, 0.2) is 34.9 Å². The Kier molecular flexibility index (Phi) is 4.29. The molecule has 0 saturated heterocycles. The number of benzene rings is 1. The Morgan fingerprint density at radius 1 is 1.29 bits per heavy atom. The summed E-state index contributed by atoms with van der Waals surface area (Å²) in [5, 5.41) is 8.72. The second-order valence-corrected chi connectivity index (χ2v) is 9.47. The fourth-order valence-corrected chi connectivity index (χ4v) is 6.20. The summed E-state index contributed by atoms with van der Waals surface area (Å²) in [6.45, 7) is 4.09. The quantitative estimate of drug-likeness (QED) is 0.471. The van der Waals surface area contributed by atoms with Crippen molar-refractivity contribution in [1.29, 1.82) is 0 Å². The smallest absolute Gasteiger partial charge is 0.294 e. The van der Waals surface area contributed by atoms with Crippen LogP contribution in [0.5, 0.6) is 0 Å². The number of hydrogen-bond donors (Lipinski definition) is 1. The molecule has 1 unspecified atom stereocenters. The Bertz CT molecular complexity index is 1150. The molecule has 1 amide bonds. The van der Waals surface area contributed by atoms with Crippen LogP contribution in [0, 0.1) is 12.8 Å². The number of nitrogens with one attached hydrogen (secondary N) is 1. The molecule has 5 nitrogen and oxygen atoms in total. The molecular formula is C21H19N3O2S2. The van der Waals surface area contributed by atoms with Crippen molar-refractivity contribution in [2.75, 3.05) is 5.32 Å². The maximum absolute atomic E-state index is 12.7. The van der Waals surface area contributed by atoms with Gasteiger partial charge in [-0.05, 0) is 49.8 Å². The highest BCUT2D eigenvalue weighted by Crippen LogP contribution is 2.47. The number of aromatic nitrogens is 2. The van der Waals surface area contributed by atoms with Crippen molar-refractivity contribution in [3.05, 3.63) is 52.2 Å². The molecule has 7 heteroatoms. The van der Waals surface area contributed by atoms with E-state index in [0.29, 0.717) is 11.6 Å². The zero-order valence-corrected chi connectivity index (χ0v) is 17.2. The van der Waals surface area contributed by atoms with Crippen molar-refractivity contribution >= 4 is 43.8 Å². The first-order valence-corrected chi connectivity index (χ1v) is 11.0. The largest absolute Gasteiger partial charge is 0.351 e. The molecule has 0 radical (unpaired) electrons. The first-order chi connectivity index (χ1) is 13.6. The molecule has 0 spiro atoms. The van der Waals surface area contributed by atoms with Gasteiger partial charge in [-0.2, -0.15) is 0 Å². The number of thiazole rings is 1. The highest BCUT2D eigenvalue weighted by Gasteiger charge is 2.28. The maximum Gasteiger partial charge on any atom is 0.294 e. The van der Waals surface area contributed by atoms with Gasteiger partial charge >= 0.3 is 0 Å². The van der Waals surface area contributed by atoms with Gasteiger partial charge in [0.15, 0.2) is 0 Å². The number of carbonyl (C=O) groups excluding carboxylic acids is 1. The van der Waals surface area contributed by atoms with E-state index in [9.17, 15) is 4.79 Å². The van der Waals surface area contributed by atoms with E-state index in [2.05, 4.69) is 23.5 Å². The topological polar surface area (TPSA) is 68.0 Å². The van der Waals surface area contributed by atoms with Crippen molar-refractivity contribution in [3.8, 4) is 10.6 Å². The summed E-state index contributed by atoms with van der Waals surface area (Å²) in [6, 6.07) is 9.82. The molecule has 1 aromatic carbocycles. The van der Waals surface area contributed by atoms with Crippen molar-refractivity contribution in [2.45, 2.75) is 33.1 Å². The maximum atomic E-state index is 12.7. The molecule has 1 aliphatic carbocycles. The fourth-order valence-electron chi connectivity index (χ4n) is 3.68. The van der Waals surface area contributed by atoms with Gasteiger partial charge in [-0.25, -0.2) is 4.98 Å². The third kappa shape index (κ3) is 3.04. The second kappa shape index (κ2) is 6.83. The van der Waals surface area contributed by atoms with Gasteiger partial charge in [-0.15, -0.1) is 22.7 Å². The molecule has 1 N–H and O–H groups in total. The highest BCUT2D eigenvalue weighted by molar-refractivity contribution is 7.23. The number of anilines is 1.